The lowest BCUT2D eigenvalue weighted by Crippen LogP contribution is -2.70. The third-order valence-electron chi connectivity index (χ3n) is 4.57. The van der Waals surface area contributed by atoms with Gasteiger partial charge in [0.25, 0.3) is 5.91 Å². The quantitative estimate of drug-likeness (QED) is 0.863. The Morgan fingerprint density at radius 1 is 1.21 bits per heavy atom. The number of nitrogens with zero attached hydrogens (tertiary/aromatic N) is 2. The van der Waals surface area contributed by atoms with Crippen LogP contribution in [0.4, 0.5) is 4.39 Å². The minimum absolute atomic E-state index is 0.0151. The fourth-order valence-electron chi connectivity index (χ4n) is 3.17. The van der Waals surface area contributed by atoms with Gasteiger partial charge in [0.1, 0.15) is 17.9 Å². The van der Waals surface area contributed by atoms with Gasteiger partial charge in [0.15, 0.2) is 0 Å². The summed E-state index contributed by atoms with van der Waals surface area (Å²) in [5.41, 5.74) is 0.368. The highest BCUT2D eigenvalue weighted by molar-refractivity contribution is 5.99. The number of hydrogen-bond acceptors (Lipinski definition) is 3. The van der Waals surface area contributed by atoms with Crippen molar-refractivity contribution in [3.05, 3.63) is 35.6 Å². The van der Waals surface area contributed by atoms with Gasteiger partial charge in [-0.3, -0.25) is 14.4 Å². The van der Waals surface area contributed by atoms with E-state index in [1.54, 1.807) is 4.90 Å². The zero-order valence-electron chi connectivity index (χ0n) is 13.7. The molecule has 2 atom stereocenters. The number of benzene rings is 1. The van der Waals surface area contributed by atoms with Crippen molar-refractivity contribution in [2.24, 2.45) is 5.92 Å². The van der Waals surface area contributed by atoms with Crippen LogP contribution in [0.1, 0.15) is 24.2 Å². The Hall–Kier alpha value is -2.44. The third kappa shape index (κ3) is 2.86. The second kappa shape index (κ2) is 6.22. The Morgan fingerprint density at radius 2 is 1.88 bits per heavy atom. The minimum atomic E-state index is -0.661. The molecule has 0 unspecified atom stereocenters. The van der Waals surface area contributed by atoms with E-state index in [1.165, 1.54) is 29.2 Å². The molecule has 2 heterocycles. The number of amides is 3. The van der Waals surface area contributed by atoms with Crippen LogP contribution in [0.2, 0.25) is 0 Å². The smallest absolute Gasteiger partial charge is 0.254 e. The molecule has 1 N–H and O–H groups in total. The number of piperazine rings is 2. The van der Waals surface area contributed by atoms with E-state index in [0.29, 0.717) is 18.7 Å². The summed E-state index contributed by atoms with van der Waals surface area (Å²) in [5, 5.41) is 2.75. The summed E-state index contributed by atoms with van der Waals surface area (Å²) >= 11 is 0. The lowest BCUT2D eigenvalue weighted by Gasteiger charge is -2.46. The van der Waals surface area contributed by atoms with E-state index in [-0.39, 0.29) is 30.2 Å². The van der Waals surface area contributed by atoms with Gasteiger partial charge in [-0.2, -0.15) is 0 Å². The molecule has 6 nitrogen and oxygen atoms in total. The monoisotopic (exact) mass is 333 g/mol. The predicted octanol–water partition coefficient (Wildman–Crippen LogP) is 0.633. The molecule has 3 amide bonds. The molecule has 2 aliphatic heterocycles. The summed E-state index contributed by atoms with van der Waals surface area (Å²) in [6, 6.07) is 4.13. The molecule has 1 aromatic carbocycles. The van der Waals surface area contributed by atoms with Crippen molar-refractivity contribution < 1.29 is 18.8 Å². The number of fused-ring (bicyclic) bond motifs is 1. The fourth-order valence-corrected chi connectivity index (χ4v) is 3.17. The average Bonchev–Trinajstić information content (AvgIpc) is 2.57. The molecule has 3 rings (SSSR count). The second-order valence-corrected chi connectivity index (χ2v) is 6.54. The first-order valence-corrected chi connectivity index (χ1v) is 8.04. The fraction of sp³-hybridized carbons (Fsp3) is 0.471. The zero-order chi connectivity index (χ0) is 17.4. The van der Waals surface area contributed by atoms with E-state index in [2.05, 4.69) is 5.32 Å². The van der Waals surface area contributed by atoms with Gasteiger partial charge in [-0.05, 0) is 30.2 Å². The zero-order valence-corrected chi connectivity index (χ0v) is 13.7. The van der Waals surface area contributed by atoms with Crippen molar-refractivity contribution in [1.82, 2.24) is 15.1 Å². The van der Waals surface area contributed by atoms with Crippen molar-refractivity contribution in [3.63, 3.8) is 0 Å². The maximum absolute atomic E-state index is 13.0. The van der Waals surface area contributed by atoms with Crippen molar-refractivity contribution >= 4 is 17.7 Å². The van der Waals surface area contributed by atoms with Crippen molar-refractivity contribution in [1.29, 1.82) is 0 Å². The molecule has 0 bridgehead atoms. The van der Waals surface area contributed by atoms with Crippen LogP contribution in [0.3, 0.4) is 0 Å². The molecule has 0 radical (unpaired) electrons. The Kier molecular flexibility index (Phi) is 4.26. The summed E-state index contributed by atoms with van der Waals surface area (Å²) in [6.45, 7) is 4.61. The molecule has 2 fully saturated rings. The number of carbonyl (C=O) groups is 3. The summed E-state index contributed by atoms with van der Waals surface area (Å²) in [7, 11) is 0. The Bertz CT molecular complexity index is 674. The topological polar surface area (TPSA) is 69.7 Å². The van der Waals surface area contributed by atoms with Gasteiger partial charge < -0.3 is 15.1 Å². The van der Waals surface area contributed by atoms with E-state index in [9.17, 15) is 18.8 Å². The molecule has 1 aromatic rings. The largest absolute Gasteiger partial charge is 0.342 e. The van der Waals surface area contributed by atoms with Gasteiger partial charge in [-0.25, -0.2) is 4.39 Å². The SMILES string of the molecule is CC(C)[C@@H]1NC(=O)[C@H]2CN(C(=O)c3ccc(F)cc3)CCN2C1=O. The molecular formula is C17H20FN3O3. The first-order valence-electron chi connectivity index (χ1n) is 8.04. The number of rotatable bonds is 2. The lowest BCUT2D eigenvalue weighted by molar-refractivity contribution is -0.153. The first-order chi connectivity index (χ1) is 11.4. The van der Waals surface area contributed by atoms with E-state index in [1.807, 2.05) is 13.8 Å². The van der Waals surface area contributed by atoms with Crippen LogP contribution >= 0.6 is 0 Å². The van der Waals surface area contributed by atoms with Crippen molar-refractivity contribution in [2.45, 2.75) is 25.9 Å². The number of hydrogen-bond donors (Lipinski definition) is 1. The van der Waals surface area contributed by atoms with Crippen LogP contribution in [-0.4, -0.2) is 59.2 Å². The summed E-state index contributed by atoms with van der Waals surface area (Å²) < 4.78 is 13.0. The standard InChI is InChI=1S/C17H20FN3O3/c1-10(2)14-17(24)21-8-7-20(9-13(21)15(22)19-14)16(23)11-3-5-12(18)6-4-11/h3-6,10,13-14H,7-9H2,1-2H3,(H,19,22)/t13-,14+/m1/s1. The molecule has 0 aliphatic carbocycles. The number of nitrogens with one attached hydrogen (secondary N) is 1. The van der Waals surface area contributed by atoms with Crippen LogP contribution < -0.4 is 5.32 Å². The second-order valence-electron chi connectivity index (χ2n) is 6.54. The van der Waals surface area contributed by atoms with E-state index >= 15 is 0 Å². The molecule has 0 aromatic heterocycles. The van der Waals surface area contributed by atoms with Gasteiger partial charge in [0.05, 0.1) is 6.54 Å². The highest BCUT2D eigenvalue weighted by Gasteiger charge is 2.45. The van der Waals surface area contributed by atoms with Crippen LogP contribution in [0.15, 0.2) is 24.3 Å². The molecule has 2 saturated heterocycles. The normalized spacial score (nSPS) is 24.0. The lowest BCUT2D eigenvalue weighted by atomic mass is 9.96. The van der Waals surface area contributed by atoms with E-state index < -0.39 is 17.9 Å². The van der Waals surface area contributed by atoms with Crippen LogP contribution in [0, 0.1) is 11.7 Å². The molecule has 2 aliphatic rings. The summed E-state index contributed by atoms with van der Waals surface area (Å²) in [5.74, 6) is -0.983. The van der Waals surface area contributed by atoms with Gasteiger partial charge in [0, 0.05) is 18.7 Å². The molecular weight excluding hydrogens is 313 g/mol. The first kappa shape index (κ1) is 16.4. The number of carbonyl (C=O) groups excluding carboxylic acids is 3. The number of halogens is 1. The van der Waals surface area contributed by atoms with Crippen molar-refractivity contribution in [3.8, 4) is 0 Å². The summed E-state index contributed by atoms with van der Waals surface area (Å²) in [6.07, 6.45) is 0. The molecule has 0 spiro atoms. The van der Waals surface area contributed by atoms with Gasteiger partial charge in [0.2, 0.25) is 11.8 Å². The summed E-state index contributed by atoms with van der Waals surface area (Å²) in [4.78, 5) is 40.5. The maximum Gasteiger partial charge on any atom is 0.254 e. The maximum atomic E-state index is 13.0. The highest BCUT2D eigenvalue weighted by Crippen LogP contribution is 2.20. The Labute approximate surface area is 139 Å². The van der Waals surface area contributed by atoms with Crippen LogP contribution in [0.5, 0.6) is 0 Å². The van der Waals surface area contributed by atoms with Crippen LogP contribution in [-0.2, 0) is 9.59 Å². The third-order valence-corrected chi connectivity index (χ3v) is 4.57. The van der Waals surface area contributed by atoms with E-state index in [4.69, 9.17) is 0 Å². The highest BCUT2D eigenvalue weighted by atomic mass is 19.1. The Balaban J connectivity index is 1.75. The minimum Gasteiger partial charge on any atom is -0.342 e. The molecule has 7 heteroatoms. The van der Waals surface area contributed by atoms with E-state index in [0.717, 1.165) is 0 Å². The predicted molar refractivity (Wildman–Crippen MR) is 84.6 cm³/mol. The van der Waals surface area contributed by atoms with Gasteiger partial charge in [-0.1, -0.05) is 13.8 Å². The molecule has 128 valence electrons. The van der Waals surface area contributed by atoms with Gasteiger partial charge >= 0.3 is 0 Å². The average molecular weight is 333 g/mol. The molecule has 0 saturated carbocycles. The van der Waals surface area contributed by atoms with Gasteiger partial charge in [-0.15, -0.1) is 0 Å². The Morgan fingerprint density at radius 3 is 2.50 bits per heavy atom. The molecule has 24 heavy (non-hydrogen) atoms. The van der Waals surface area contributed by atoms with Crippen LogP contribution in [0.25, 0.3) is 0 Å². The van der Waals surface area contributed by atoms with Crippen molar-refractivity contribution in [2.75, 3.05) is 19.6 Å².